The van der Waals surface area contributed by atoms with Gasteiger partial charge in [-0.1, -0.05) is 20.8 Å². The van der Waals surface area contributed by atoms with Crippen LogP contribution in [0.2, 0.25) is 0 Å². The van der Waals surface area contributed by atoms with Crippen LogP contribution in [0.1, 0.15) is 53.9 Å². The minimum absolute atomic E-state index is 0.243. The van der Waals surface area contributed by atoms with Gasteiger partial charge in [-0.05, 0) is 44.4 Å². The molecule has 1 fully saturated rings. The van der Waals surface area contributed by atoms with Gasteiger partial charge < -0.3 is 5.32 Å². The molecule has 0 aromatic heterocycles. The molecule has 16 heavy (non-hydrogen) atoms. The lowest BCUT2D eigenvalue weighted by Crippen LogP contribution is -2.44. The molecule has 0 bridgehead atoms. The third-order valence-electron chi connectivity index (χ3n) is 3.80. The summed E-state index contributed by atoms with van der Waals surface area (Å²) < 4.78 is 0. The highest BCUT2D eigenvalue weighted by atomic mass is 14.9. The second kappa shape index (κ2) is 4.75. The lowest BCUT2D eigenvalue weighted by molar-refractivity contribution is 0.144. The van der Waals surface area contributed by atoms with Crippen LogP contribution in [-0.2, 0) is 0 Å². The van der Waals surface area contributed by atoms with E-state index in [0.717, 1.165) is 12.5 Å². The van der Waals surface area contributed by atoms with Gasteiger partial charge in [-0.25, -0.2) is 0 Å². The molecule has 2 atom stereocenters. The molecule has 2 unspecified atom stereocenters. The molecule has 2 heteroatoms. The fourth-order valence-electron chi connectivity index (χ4n) is 2.68. The van der Waals surface area contributed by atoms with E-state index in [4.69, 9.17) is 5.26 Å². The van der Waals surface area contributed by atoms with Crippen molar-refractivity contribution in [3.05, 3.63) is 0 Å². The number of hydrogen-bond acceptors (Lipinski definition) is 2. The number of nitriles is 1. The SMILES string of the molecule is CC1CC(C)(C)CCC1NCC(C)(C)C#N. The summed E-state index contributed by atoms with van der Waals surface area (Å²) in [7, 11) is 0. The van der Waals surface area contributed by atoms with Crippen molar-refractivity contribution in [3.63, 3.8) is 0 Å². The lowest BCUT2D eigenvalue weighted by Gasteiger charge is -2.40. The van der Waals surface area contributed by atoms with Gasteiger partial charge in [0.15, 0.2) is 0 Å². The summed E-state index contributed by atoms with van der Waals surface area (Å²) >= 11 is 0. The van der Waals surface area contributed by atoms with Crippen molar-refractivity contribution >= 4 is 0 Å². The first kappa shape index (κ1) is 13.5. The molecule has 0 radical (unpaired) electrons. The van der Waals surface area contributed by atoms with E-state index < -0.39 is 0 Å². The first-order chi connectivity index (χ1) is 7.26. The van der Waals surface area contributed by atoms with Crippen LogP contribution in [-0.4, -0.2) is 12.6 Å². The molecular formula is C14H26N2. The molecule has 0 heterocycles. The van der Waals surface area contributed by atoms with E-state index in [0.29, 0.717) is 11.5 Å². The van der Waals surface area contributed by atoms with E-state index in [-0.39, 0.29) is 5.41 Å². The van der Waals surface area contributed by atoms with E-state index in [9.17, 15) is 0 Å². The average Bonchev–Trinajstić information content (AvgIpc) is 2.15. The Labute approximate surface area is 100 Å². The molecule has 0 saturated heterocycles. The van der Waals surface area contributed by atoms with Gasteiger partial charge in [-0.15, -0.1) is 0 Å². The van der Waals surface area contributed by atoms with Crippen LogP contribution in [0.3, 0.4) is 0 Å². The Hall–Kier alpha value is -0.550. The van der Waals surface area contributed by atoms with Gasteiger partial charge in [-0.2, -0.15) is 5.26 Å². The Balaban J connectivity index is 2.43. The number of nitrogens with zero attached hydrogens (tertiary/aromatic N) is 1. The number of rotatable bonds is 3. The van der Waals surface area contributed by atoms with Crippen molar-refractivity contribution in [2.24, 2.45) is 16.7 Å². The highest BCUT2D eigenvalue weighted by Gasteiger charge is 2.32. The maximum Gasteiger partial charge on any atom is 0.0697 e. The Kier molecular flexibility index (Phi) is 4.02. The summed E-state index contributed by atoms with van der Waals surface area (Å²) in [6, 6.07) is 2.95. The third-order valence-corrected chi connectivity index (χ3v) is 3.80. The van der Waals surface area contributed by atoms with Crippen molar-refractivity contribution in [2.45, 2.75) is 59.9 Å². The average molecular weight is 222 g/mol. The third kappa shape index (κ3) is 3.79. The summed E-state index contributed by atoms with van der Waals surface area (Å²) in [6.45, 7) is 11.9. The fraction of sp³-hybridized carbons (Fsp3) is 0.929. The maximum atomic E-state index is 8.98. The smallest absolute Gasteiger partial charge is 0.0697 e. The summed E-state index contributed by atoms with van der Waals surface area (Å²) in [5.74, 6) is 0.721. The molecule has 1 saturated carbocycles. The van der Waals surface area contributed by atoms with Crippen LogP contribution in [0, 0.1) is 28.1 Å². The van der Waals surface area contributed by atoms with Gasteiger partial charge in [0.1, 0.15) is 0 Å². The highest BCUT2D eigenvalue weighted by Crippen LogP contribution is 2.38. The van der Waals surface area contributed by atoms with E-state index >= 15 is 0 Å². The molecule has 0 aliphatic heterocycles. The summed E-state index contributed by atoms with van der Waals surface area (Å²) in [6.07, 6.45) is 3.83. The first-order valence-electron chi connectivity index (χ1n) is 6.40. The molecular weight excluding hydrogens is 196 g/mol. The van der Waals surface area contributed by atoms with Crippen LogP contribution in [0.5, 0.6) is 0 Å². The molecule has 0 amide bonds. The normalized spacial score (nSPS) is 29.8. The highest BCUT2D eigenvalue weighted by molar-refractivity contribution is 4.95. The van der Waals surface area contributed by atoms with Crippen LogP contribution >= 0.6 is 0 Å². The van der Waals surface area contributed by atoms with E-state index in [2.05, 4.69) is 32.2 Å². The lowest BCUT2D eigenvalue weighted by atomic mass is 9.70. The zero-order chi connectivity index (χ0) is 12.4. The van der Waals surface area contributed by atoms with Crippen LogP contribution < -0.4 is 5.32 Å². The molecule has 0 aromatic carbocycles. The van der Waals surface area contributed by atoms with Gasteiger partial charge in [0, 0.05) is 12.6 Å². The van der Waals surface area contributed by atoms with Crippen molar-refractivity contribution in [1.29, 1.82) is 5.26 Å². The van der Waals surface area contributed by atoms with E-state index in [1.165, 1.54) is 19.3 Å². The molecule has 0 aromatic rings. The van der Waals surface area contributed by atoms with Crippen molar-refractivity contribution in [1.82, 2.24) is 5.32 Å². The number of nitrogens with one attached hydrogen (secondary N) is 1. The second-order valence-electron chi connectivity index (χ2n) is 6.87. The summed E-state index contributed by atoms with van der Waals surface area (Å²) in [5, 5.41) is 12.6. The Morgan fingerprint density at radius 3 is 2.56 bits per heavy atom. The molecule has 1 aliphatic rings. The van der Waals surface area contributed by atoms with Crippen molar-refractivity contribution in [2.75, 3.05) is 6.54 Å². The molecule has 92 valence electrons. The Morgan fingerprint density at radius 1 is 1.44 bits per heavy atom. The topological polar surface area (TPSA) is 35.8 Å². The molecule has 1 N–H and O–H groups in total. The summed E-state index contributed by atoms with van der Waals surface area (Å²) in [4.78, 5) is 0. The minimum atomic E-state index is -0.243. The minimum Gasteiger partial charge on any atom is -0.312 e. The van der Waals surface area contributed by atoms with Gasteiger partial charge in [0.05, 0.1) is 11.5 Å². The van der Waals surface area contributed by atoms with Crippen LogP contribution in [0.4, 0.5) is 0 Å². The Morgan fingerprint density at radius 2 is 2.06 bits per heavy atom. The molecule has 1 aliphatic carbocycles. The van der Waals surface area contributed by atoms with Crippen molar-refractivity contribution < 1.29 is 0 Å². The zero-order valence-corrected chi connectivity index (χ0v) is 11.4. The quantitative estimate of drug-likeness (QED) is 0.795. The predicted molar refractivity (Wildman–Crippen MR) is 68.0 cm³/mol. The van der Waals surface area contributed by atoms with Gasteiger partial charge in [0.2, 0.25) is 0 Å². The van der Waals surface area contributed by atoms with Crippen molar-refractivity contribution in [3.8, 4) is 6.07 Å². The van der Waals surface area contributed by atoms with Gasteiger partial charge in [-0.3, -0.25) is 0 Å². The maximum absolute atomic E-state index is 8.98. The second-order valence-corrected chi connectivity index (χ2v) is 6.87. The standard InChI is InChI=1S/C14H26N2/c1-11-8-13(2,3)7-6-12(11)16-10-14(4,5)9-15/h11-12,16H,6-8,10H2,1-5H3. The first-order valence-corrected chi connectivity index (χ1v) is 6.40. The predicted octanol–water partition coefficient (Wildman–Crippen LogP) is 3.34. The molecule has 1 rings (SSSR count). The van der Waals surface area contributed by atoms with E-state index in [1.54, 1.807) is 0 Å². The Bertz CT molecular complexity index is 273. The zero-order valence-electron chi connectivity index (χ0n) is 11.4. The molecule has 2 nitrogen and oxygen atoms in total. The van der Waals surface area contributed by atoms with Gasteiger partial charge >= 0.3 is 0 Å². The van der Waals surface area contributed by atoms with Crippen LogP contribution in [0.25, 0.3) is 0 Å². The molecule has 0 spiro atoms. The summed E-state index contributed by atoms with van der Waals surface area (Å²) in [5.41, 5.74) is 0.259. The largest absolute Gasteiger partial charge is 0.312 e. The van der Waals surface area contributed by atoms with Gasteiger partial charge in [0.25, 0.3) is 0 Å². The van der Waals surface area contributed by atoms with E-state index in [1.807, 2.05) is 13.8 Å². The van der Waals surface area contributed by atoms with Crippen LogP contribution in [0.15, 0.2) is 0 Å². The monoisotopic (exact) mass is 222 g/mol. The fourth-order valence-corrected chi connectivity index (χ4v) is 2.68. The number of hydrogen-bond donors (Lipinski definition) is 1.